The SMILES string of the molecule is Cc1cnc(C(C)NCC(=O)NC2CCOCC2)s1. The quantitative estimate of drug-likeness (QED) is 0.857. The largest absolute Gasteiger partial charge is 0.381 e. The fourth-order valence-corrected chi connectivity index (χ4v) is 2.83. The molecule has 106 valence electrons. The molecule has 1 aliphatic heterocycles. The molecule has 0 aromatic carbocycles. The van der Waals surface area contributed by atoms with Crippen molar-refractivity contribution < 1.29 is 9.53 Å². The normalized spacial score (nSPS) is 18.2. The molecule has 0 saturated carbocycles. The number of carbonyl (C=O) groups excluding carboxylic acids is 1. The molecule has 0 radical (unpaired) electrons. The molecule has 1 aliphatic rings. The van der Waals surface area contributed by atoms with Gasteiger partial charge in [0.1, 0.15) is 5.01 Å². The lowest BCUT2D eigenvalue weighted by Crippen LogP contribution is -2.43. The molecule has 2 heterocycles. The second kappa shape index (κ2) is 6.98. The molecule has 2 rings (SSSR count). The highest BCUT2D eigenvalue weighted by Gasteiger charge is 2.16. The molecular formula is C13H21N3O2S. The standard InChI is InChI=1S/C13H21N3O2S/c1-9-7-15-13(19-9)10(2)14-8-12(17)16-11-3-5-18-6-4-11/h7,10-11,14H,3-6,8H2,1-2H3,(H,16,17). The van der Waals surface area contributed by atoms with Crippen LogP contribution in [-0.4, -0.2) is 36.7 Å². The number of aromatic nitrogens is 1. The van der Waals surface area contributed by atoms with Crippen molar-refractivity contribution in [1.82, 2.24) is 15.6 Å². The van der Waals surface area contributed by atoms with Gasteiger partial charge in [0.05, 0.1) is 12.6 Å². The van der Waals surface area contributed by atoms with Crippen molar-refractivity contribution in [3.63, 3.8) is 0 Å². The number of nitrogens with one attached hydrogen (secondary N) is 2. The van der Waals surface area contributed by atoms with Crippen LogP contribution in [0, 0.1) is 6.92 Å². The third kappa shape index (κ3) is 4.56. The molecule has 1 amide bonds. The van der Waals surface area contributed by atoms with Gasteiger partial charge in [0.2, 0.25) is 5.91 Å². The number of thiazole rings is 1. The van der Waals surface area contributed by atoms with Gasteiger partial charge in [0.15, 0.2) is 0 Å². The Morgan fingerprint density at radius 3 is 2.95 bits per heavy atom. The fraction of sp³-hybridized carbons (Fsp3) is 0.692. The minimum absolute atomic E-state index is 0.0482. The third-order valence-electron chi connectivity index (χ3n) is 3.16. The molecule has 0 bridgehead atoms. The van der Waals surface area contributed by atoms with Gasteiger partial charge in [0, 0.05) is 30.3 Å². The second-order valence-corrected chi connectivity index (χ2v) is 6.13. The lowest BCUT2D eigenvalue weighted by molar-refractivity contribution is -0.121. The molecule has 6 heteroatoms. The minimum Gasteiger partial charge on any atom is -0.381 e. The molecule has 1 fully saturated rings. The average molecular weight is 283 g/mol. The van der Waals surface area contributed by atoms with E-state index in [1.165, 1.54) is 4.88 Å². The summed E-state index contributed by atoms with van der Waals surface area (Å²) in [4.78, 5) is 17.3. The Hall–Kier alpha value is -0.980. The zero-order valence-corrected chi connectivity index (χ0v) is 12.3. The number of amides is 1. The van der Waals surface area contributed by atoms with Gasteiger partial charge in [-0.2, -0.15) is 0 Å². The van der Waals surface area contributed by atoms with Crippen LogP contribution in [-0.2, 0) is 9.53 Å². The molecule has 5 nitrogen and oxygen atoms in total. The minimum atomic E-state index is 0.0482. The van der Waals surface area contributed by atoms with Crippen molar-refractivity contribution in [3.05, 3.63) is 16.1 Å². The predicted octanol–water partition coefficient (Wildman–Crippen LogP) is 1.40. The monoisotopic (exact) mass is 283 g/mol. The maximum atomic E-state index is 11.8. The van der Waals surface area contributed by atoms with E-state index in [1.807, 2.05) is 20.0 Å². The maximum absolute atomic E-state index is 11.8. The van der Waals surface area contributed by atoms with Crippen molar-refractivity contribution in [1.29, 1.82) is 0 Å². The van der Waals surface area contributed by atoms with Crippen molar-refractivity contribution in [2.24, 2.45) is 0 Å². The molecule has 0 spiro atoms. The zero-order valence-electron chi connectivity index (χ0n) is 11.4. The summed E-state index contributed by atoms with van der Waals surface area (Å²) in [6.07, 6.45) is 3.68. The van der Waals surface area contributed by atoms with Gasteiger partial charge in [-0.3, -0.25) is 10.1 Å². The lowest BCUT2D eigenvalue weighted by Gasteiger charge is -2.23. The number of rotatable bonds is 5. The Bertz CT molecular complexity index is 416. The van der Waals surface area contributed by atoms with Crippen molar-refractivity contribution in [3.8, 4) is 0 Å². The number of carbonyl (C=O) groups is 1. The van der Waals surface area contributed by atoms with E-state index < -0.39 is 0 Å². The average Bonchev–Trinajstić information content (AvgIpc) is 2.84. The molecule has 1 atom stereocenters. The summed E-state index contributed by atoms with van der Waals surface area (Å²) in [7, 11) is 0. The number of hydrogen-bond acceptors (Lipinski definition) is 5. The van der Waals surface area contributed by atoms with Gasteiger partial charge in [0.25, 0.3) is 0 Å². The van der Waals surface area contributed by atoms with Crippen LogP contribution in [0.3, 0.4) is 0 Å². The molecule has 1 aromatic heterocycles. The fourth-order valence-electron chi connectivity index (χ4n) is 2.03. The number of hydrogen-bond donors (Lipinski definition) is 2. The van der Waals surface area contributed by atoms with Gasteiger partial charge in [-0.15, -0.1) is 11.3 Å². The summed E-state index contributed by atoms with van der Waals surface area (Å²) in [6.45, 7) is 5.88. The van der Waals surface area contributed by atoms with Crippen molar-refractivity contribution >= 4 is 17.2 Å². The van der Waals surface area contributed by atoms with E-state index in [0.717, 1.165) is 31.1 Å². The Balaban J connectivity index is 1.70. The first-order valence-electron chi connectivity index (χ1n) is 6.68. The van der Waals surface area contributed by atoms with Crippen LogP contribution in [0.4, 0.5) is 0 Å². The molecule has 1 saturated heterocycles. The van der Waals surface area contributed by atoms with Crippen LogP contribution in [0.25, 0.3) is 0 Å². The second-order valence-electron chi connectivity index (χ2n) is 4.87. The number of ether oxygens (including phenoxy) is 1. The topological polar surface area (TPSA) is 63.2 Å². The Morgan fingerprint density at radius 1 is 1.58 bits per heavy atom. The summed E-state index contributed by atoms with van der Waals surface area (Å²) in [5, 5.41) is 7.26. The molecule has 0 aliphatic carbocycles. The molecule has 1 aromatic rings. The van der Waals surface area contributed by atoms with Gasteiger partial charge in [-0.1, -0.05) is 0 Å². The summed E-state index contributed by atoms with van der Waals surface area (Å²) in [5.74, 6) is 0.0482. The lowest BCUT2D eigenvalue weighted by atomic mass is 10.1. The van der Waals surface area contributed by atoms with Gasteiger partial charge < -0.3 is 10.1 Å². The zero-order chi connectivity index (χ0) is 13.7. The predicted molar refractivity (Wildman–Crippen MR) is 75.3 cm³/mol. The van der Waals surface area contributed by atoms with Gasteiger partial charge >= 0.3 is 0 Å². The maximum Gasteiger partial charge on any atom is 0.234 e. The molecule has 1 unspecified atom stereocenters. The highest BCUT2D eigenvalue weighted by atomic mass is 32.1. The first-order valence-corrected chi connectivity index (χ1v) is 7.49. The third-order valence-corrected chi connectivity index (χ3v) is 4.26. The van der Waals surface area contributed by atoms with Crippen LogP contribution < -0.4 is 10.6 Å². The van der Waals surface area contributed by atoms with Crippen molar-refractivity contribution in [2.45, 2.75) is 38.8 Å². The Kier molecular flexibility index (Phi) is 5.30. The summed E-state index contributed by atoms with van der Waals surface area (Å²) in [5.41, 5.74) is 0. The smallest absolute Gasteiger partial charge is 0.234 e. The highest BCUT2D eigenvalue weighted by molar-refractivity contribution is 7.11. The van der Waals surface area contributed by atoms with Crippen molar-refractivity contribution in [2.75, 3.05) is 19.8 Å². The summed E-state index contributed by atoms with van der Waals surface area (Å²) in [6, 6.07) is 0.375. The molecule has 2 N–H and O–H groups in total. The van der Waals surface area contributed by atoms with Gasteiger partial charge in [-0.05, 0) is 26.7 Å². The van der Waals surface area contributed by atoms with Crippen LogP contribution in [0.15, 0.2) is 6.20 Å². The highest BCUT2D eigenvalue weighted by Crippen LogP contribution is 2.18. The molecular weight excluding hydrogens is 262 g/mol. The number of nitrogens with zero attached hydrogens (tertiary/aromatic N) is 1. The first-order chi connectivity index (χ1) is 9.15. The van der Waals surface area contributed by atoms with Crippen LogP contribution >= 0.6 is 11.3 Å². The summed E-state index contributed by atoms with van der Waals surface area (Å²) >= 11 is 1.66. The van der Waals surface area contributed by atoms with Crippen LogP contribution in [0.2, 0.25) is 0 Å². The van der Waals surface area contributed by atoms with E-state index in [0.29, 0.717) is 6.54 Å². The van der Waals surface area contributed by atoms with E-state index in [1.54, 1.807) is 11.3 Å². The van der Waals surface area contributed by atoms with Crippen LogP contribution in [0.5, 0.6) is 0 Å². The Morgan fingerprint density at radius 2 is 2.32 bits per heavy atom. The van der Waals surface area contributed by atoms with E-state index in [2.05, 4.69) is 15.6 Å². The van der Waals surface area contributed by atoms with E-state index in [9.17, 15) is 4.79 Å². The molecule has 19 heavy (non-hydrogen) atoms. The Labute approximate surface area is 117 Å². The van der Waals surface area contributed by atoms with E-state index in [4.69, 9.17) is 4.74 Å². The van der Waals surface area contributed by atoms with Crippen LogP contribution in [0.1, 0.15) is 35.7 Å². The van der Waals surface area contributed by atoms with E-state index in [-0.39, 0.29) is 18.0 Å². The number of aryl methyl sites for hydroxylation is 1. The first kappa shape index (κ1) is 14.4. The van der Waals surface area contributed by atoms with E-state index >= 15 is 0 Å². The summed E-state index contributed by atoms with van der Waals surface area (Å²) < 4.78 is 5.27. The van der Waals surface area contributed by atoms with Gasteiger partial charge in [-0.25, -0.2) is 4.98 Å².